The first kappa shape index (κ1) is 19.4. The number of carbonyl (C=O) groups is 1. The van der Waals surface area contributed by atoms with Crippen LogP contribution in [0.1, 0.15) is 33.0 Å². The minimum absolute atomic E-state index is 0.00609. The van der Waals surface area contributed by atoms with Crippen LogP contribution in [0.3, 0.4) is 0 Å². The van der Waals surface area contributed by atoms with Crippen LogP contribution < -0.4 is 4.74 Å². The first-order chi connectivity index (χ1) is 15.2. The molecular formula is C22H21ClN4O3S. The molecule has 5 heterocycles. The van der Waals surface area contributed by atoms with E-state index in [1.54, 1.807) is 17.5 Å². The van der Waals surface area contributed by atoms with E-state index >= 15 is 0 Å². The Balaban J connectivity index is 1.19. The number of likely N-dealkylation sites (tertiary alicyclic amines) is 1. The van der Waals surface area contributed by atoms with Gasteiger partial charge in [-0.05, 0) is 42.5 Å². The second-order valence-electron chi connectivity index (χ2n) is 8.42. The van der Waals surface area contributed by atoms with Crippen molar-refractivity contribution >= 4 is 39.7 Å². The molecule has 1 saturated heterocycles. The Kier molecular flexibility index (Phi) is 4.81. The number of amides is 1. The monoisotopic (exact) mass is 456 g/mol. The van der Waals surface area contributed by atoms with Crippen molar-refractivity contribution < 1.29 is 14.3 Å². The molecule has 1 saturated carbocycles. The van der Waals surface area contributed by atoms with E-state index in [9.17, 15) is 4.79 Å². The fourth-order valence-electron chi connectivity index (χ4n) is 5.09. The van der Waals surface area contributed by atoms with E-state index in [1.165, 1.54) is 10.4 Å². The average Bonchev–Trinajstić information content (AvgIpc) is 3.50. The largest absolute Gasteiger partial charge is 0.471 e. The number of nitrogens with zero attached hydrogens (tertiary/aromatic N) is 4. The summed E-state index contributed by atoms with van der Waals surface area (Å²) < 4.78 is 11.8. The van der Waals surface area contributed by atoms with Crippen molar-refractivity contribution in [2.75, 3.05) is 19.7 Å². The van der Waals surface area contributed by atoms with Crippen LogP contribution in [-0.4, -0.2) is 51.8 Å². The highest BCUT2D eigenvalue weighted by atomic mass is 35.5. The molecule has 1 amide bonds. The van der Waals surface area contributed by atoms with Crippen LogP contribution in [0.2, 0.25) is 5.15 Å². The maximum Gasteiger partial charge on any atom is 0.263 e. The van der Waals surface area contributed by atoms with Gasteiger partial charge < -0.3 is 14.4 Å². The predicted octanol–water partition coefficient (Wildman–Crippen LogP) is 3.74. The Bertz CT molecular complexity index is 1150. The molecule has 0 aromatic carbocycles. The van der Waals surface area contributed by atoms with Gasteiger partial charge in [-0.15, -0.1) is 21.5 Å². The lowest BCUT2D eigenvalue weighted by molar-refractivity contribution is 0.0765. The van der Waals surface area contributed by atoms with Crippen LogP contribution in [0.5, 0.6) is 5.88 Å². The second-order valence-corrected chi connectivity index (χ2v) is 9.92. The van der Waals surface area contributed by atoms with E-state index in [0.717, 1.165) is 42.7 Å². The summed E-state index contributed by atoms with van der Waals surface area (Å²) in [6.45, 7) is 2.85. The van der Waals surface area contributed by atoms with Crippen molar-refractivity contribution in [3.63, 3.8) is 0 Å². The van der Waals surface area contributed by atoms with Crippen molar-refractivity contribution in [1.29, 1.82) is 0 Å². The smallest absolute Gasteiger partial charge is 0.263 e. The molecule has 3 unspecified atom stereocenters. The lowest BCUT2D eigenvalue weighted by atomic mass is 9.99. The van der Waals surface area contributed by atoms with Gasteiger partial charge in [0.2, 0.25) is 0 Å². The van der Waals surface area contributed by atoms with Crippen LogP contribution in [-0.2, 0) is 17.8 Å². The van der Waals surface area contributed by atoms with Crippen molar-refractivity contribution in [2.45, 2.75) is 32.0 Å². The zero-order valence-electron chi connectivity index (χ0n) is 16.8. The van der Waals surface area contributed by atoms with Gasteiger partial charge in [0.05, 0.1) is 18.1 Å². The Morgan fingerprint density at radius 2 is 2.23 bits per heavy atom. The zero-order chi connectivity index (χ0) is 20.9. The number of fused-ring (bicyclic) bond motifs is 3. The van der Waals surface area contributed by atoms with Gasteiger partial charge in [0.1, 0.15) is 11.6 Å². The fraction of sp³-hybridized carbons (Fsp3) is 0.455. The molecule has 1 aliphatic carbocycles. The van der Waals surface area contributed by atoms with E-state index in [0.29, 0.717) is 35.6 Å². The lowest BCUT2D eigenvalue weighted by Gasteiger charge is -2.21. The van der Waals surface area contributed by atoms with Crippen LogP contribution in [0, 0.1) is 11.8 Å². The number of rotatable bonds is 3. The van der Waals surface area contributed by atoms with Gasteiger partial charge in [-0.2, -0.15) is 0 Å². The third kappa shape index (κ3) is 3.37. The predicted molar refractivity (Wildman–Crippen MR) is 117 cm³/mol. The van der Waals surface area contributed by atoms with Gasteiger partial charge >= 0.3 is 0 Å². The molecule has 0 radical (unpaired) electrons. The van der Waals surface area contributed by atoms with Crippen LogP contribution in [0.25, 0.3) is 10.9 Å². The summed E-state index contributed by atoms with van der Waals surface area (Å²) in [4.78, 5) is 21.7. The summed E-state index contributed by atoms with van der Waals surface area (Å²) in [6.07, 6.45) is 4.58. The number of carbonyl (C=O) groups excluding carboxylic acids is 1. The summed E-state index contributed by atoms with van der Waals surface area (Å²) in [5, 5.41) is 9.25. The second kappa shape index (κ2) is 7.69. The quantitative estimate of drug-likeness (QED) is 0.597. The van der Waals surface area contributed by atoms with Crippen LogP contribution >= 0.6 is 22.9 Å². The molecule has 3 aromatic heterocycles. The molecule has 3 aromatic rings. The maximum absolute atomic E-state index is 13.2. The SMILES string of the molecule is O=C(c1cc2c(s1)CCOC2)N1CC2CCC(Oc3nnc(Cl)c4cccnc34)C2C1. The summed E-state index contributed by atoms with van der Waals surface area (Å²) in [6, 6.07) is 5.70. The van der Waals surface area contributed by atoms with Gasteiger partial charge in [0.25, 0.3) is 11.8 Å². The Hall–Kier alpha value is -2.29. The Morgan fingerprint density at radius 1 is 1.29 bits per heavy atom. The third-order valence-electron chi connectivity index (χ3n) is 6.64. The first-order valence-electron chi connectivity index (χ1n) is 10.6. The molecule has 9 heteroatoms. The van der Waals surface area contributed by atoms with Crippen molar-refractivity contribution in [3.05, 3.63) is 44.9 Å². The molecule has 3 atom stereocenters. The molecule has 2 aliphatic heterocycles. The first-order valence-corrected chi connectivity index (χ1v) is 11.8. The van der Waals surface area contributed by atoms with Crippen LogP contribution in [0.4, 0.5) is 0 Å². The molecule has 0 bridgehead atoms. The standard InChI is InChI=1S/C22H21ClN4O3S/c23-20-14-2-1-6-24-19(14)21(26-25-20)30-16-4-3-12-9-27(10-15(12)16)22(28)18-8-13-11-29-7-5-17(13)31-18/h1-2,6,8,12,15-16H,3-5,7,9-11H2. The number of ether oxygens (including phenoxy) is 2. The highest BCUT2D eigenvalue weighted by molar-refractivity contribution is 7.14. The van der Waals surface area contributed by atoms with Gasteiger partial charge in [-0.1, -0.05) is 11.6 Å². The molecule has 31 heavy (non-hydrogen) atoms. The minimum Gasteiger partial charge on any atom is -0.471 e. The van der Waals surface area contributed by atoms with E-state index < -0.39 is 0 Å². The Morgan fingerprint density at radius 3 is 3.13 bits per heavy atom. The highest BCUT2D eigenvalue weighted by Gasteiger charge is 2.46. The number of hydrogen-bond donors (Lipinski definition) is 0. The van der Waals surface area contributed by atoms with Gasteiger partial charge in [0.15, 0.2) is 5.15 Å². The number of halogens is 1. The van der Waals surface area contributed by atoms with Gasteiger partial charge in [-0.3, -0.25) is 9.78 Å². The normalized spacial score (nSPS) is 24.9. The number of aromatic nitrogens is 3. The van der Waals surface area contributed by atoms with Crippen LogP contribution in [0.15, 0.2) is 24.4 Å². The Labute approximate surface area is 188 Å². The van der Waals surface area contributed by atoms with Gasteiger partial charge in [0, 0.05) is 41.9 Å². The van der Waals surface area contributed by atoms with Gasteiger partial charge in [-0.25, -0.2) is 0 Å². The molecule has 3 aliphatic rings. The summed E-state index contributed by atoms with van der Waals surface area (Å²) in [5.41, 5.74) is 1.80. The maximum atomic E-state index is 13.2. The molecule has 0 spiro atoms. The highest BCUT2D eigenvalue weighted by Crippen LogP contribution is 2.41. The molecule has 0 N–H and O–H groups in total. The third-order valence-corrected chi connectivity index (χ3v) is 8.15. The van der Waals surface area contributed by atoms with Crippen molar-refractivity contribution in [3.8, 4) is 5.88 Å². The number of pyridine rings is 1. The zero-order valence-corrected chi connectivity index (χ0v) is 18.4. The molecule has 6 rings (SSSR count). The fourth-order valence-corrected chi connectivity index (χ4v) is 6.40. The number of thiophene rings is 1. The van der Waals surface area contributed by atoms with E-state index in [1.807, 2.05) is 23.1 Å². The minimum atomic E-state index is -0.00609. The summed E-state index contributed by atoms with van der Waals surface area (Å²) >= 11 is 7.79. The van der Waals surface area contributed by atoms with E-state index in [2.05, 4.69) is 15.2 Å². The molecular weight excluding hydrogens is 436 g/mol. The average molecular weight is 457 g/mol. The summed E-state index contributed by atoms with van der Waals surface area (Å²) in [7, 11) is 0. The molecule has 2 fully saturated rings. The van der Waals surface area contributed by atoms with Crippen molar-refractivity contribution in [2.24, 2.45) is 11.8 Å². The van der Waals surface area contributed by atoms with E-state index in [-0.39, 0.29) is 17.9 Å². The van der Waals surface area contributed by atoms with E-state index in [4.69, 9.17) is 21.1 Å². The lowest BCUT2D eigenvalue weighted by Crippen LogP contribution is -2.32. The topological polar surface area (TPSA) is 77.4 Å². The molecule has 160 valence electrons. The van der Waals surface area contributed by atoms with Crippen molar-refractivity contribution in [1.82, 2.24) is 20.1 Å². The molecule has 7 nitrogen and oxygen atoms in total. The summed E-state index contributed by atoms with van der Waals surface area (Å²) in [5.74, 6) is 1.29. The number of hydrogen-bond acceptors (Lipinski definition) is 7.